The zero-order chi connectivity index (χ0) is 14.1. The molecule has 0 radical (unpaired) electrons. The van der Waals surface area contributed by atoms with Crippen molar-refractivity contribution in [3.05, 3.63) is 69.3 Å². The number of hydrogen-bond acceptors (Lipinski definition) is 3. The standard InChI is InChI=1S/C15H12BrFN2S/c16-10-4-5-11(13(17)8-10)14(19-18)12-3-1-2-9-6-7-20-15(9)12/h1-8,14,19H,18H2. The van der Waals surface area contributed by atoms with Gasteiger partial charge in [-0.25, -0.2) is 9.82 Å². The SMILES string of the molecule is NNC(c1ccc(Br)cc1F)c1cccc2ccsc12. The van der Waals surface area contributed by atoms with Crippen molar-refractivity contribution in [3.8, 4) is 0 Å². The molecule has 0 saturated heterocycles. The Morgan fingerprint density at radius 3 is 2.75 bits per heavy atom. The van der Waals surface area contributed by atoms with Crippen molar-refractivity contribution in [1.29, 1.82) is 0 Å². The first-order chi connectivity index (χ1) is 9.70. The smallest absolute Gasteiger partial charge is 0.129 e. The highest BCUT2D eigenvalue weighted by molar-refractivity contribution is 9.10. The van der Waals surface area contributed by atoms with Gasteiger partial charge in [-0.1, -0.05) is 40.2 Å². The molecule has 1 aromatic heterocycles. The van der Waals surface area contributed by atoms with E-state index in [4.69, 9.17) is 5.84 Å². The number of hydrogen-bond donors (Lipinski definition) is 2. The summed E-state index contributed by atoms with van der Waals surface area (Å²) in [5.41, 5.74) is 4.25. The molecule has 1 heterocycles. The molecule has 0 amide bonds. The normalized spacial score (nSPS) is 12.8. The van der Waals surface area contributed by atoms with Crippen LogP contribution < -0.4 is 11.3 Å². The van der Waals surface area contributed by atoms with Crippen LogP contribution in [0.15, 0.2) is 52.3 Å². The van der Waals surface area contributed by atoms with Crippen LogP contribution in [0, 0.1) is 5.82 Å². The van der Waals surface area contributed by atoms with E-state index >= 15 is 0 Å². The fourth-order valence-corrected chi connectivity index (χ4v) is 3.60. The molecule has 2 nitrogen and oxygen atoms in total. The van der Waals surface area contributed by atoms with Gasteiger partial charge in [0.15, 0.2) is 0 Å². The first-order valence-corrected chi connectivity index (χ1v) is 7.75. The predicted octanol–water partition coefficient (Wildman–Crippen LogP) is 4.36. The number of hydrazine groups is 1. The Kier molecular flexibility index (Phi) is 3.85. The average molecular weight is 351 g/mol. The molecule has 0 saturated carbocycles. The molecule has 0 aliphatic rings. The number of nitrogens with one attached hydrogen (secondary N) is 1. The second-order valence-electron chi connectivity index (χ2n) is 4.45. The number of fused-ring (bicyclic) bond motifs is 1. The van der Waals surface area contributed by atoms with Crippen molar-refractivity contribution in [1.82, 2.24) is 5.43 Å². The van der Waals surface area contributed by atoms with Gasteiger partial charge in [0.1, 0.15) is 5.82 Å². The van der Waals surface area contributed by atoms with E-state index in [2.05, 4.69) is 27.4 Å². The summed E-state index contributed by atoms with van der Waals surface area (Å²) < 4.78 is 16.0. The number of thiophene rings is 1. The van der Waals surface area contributed by atoms with Gasteiger partial charge in [0.2, 0.25) is 0 Å². The van der Waals surface area contributed by atoms with Crippen molar-refractivity contribution in [2.24, 2.45) is 5.84 Å². The summed E-state index contributed by atoms with van der Waals surface area (Å²) >= 11 is 4.90. The van der Waals surface area contributed by atoms with Crippen LogP contribution in [0.1, 0.15) is 17.2 Å². The first-order valence-electron chi connectivity index (χ1n) is 6.08. The second kappa shape index (κ2) is 5.61. The molecule has 1 atom stereocenters. The minimum Gasteiger partial charge on any atom is -0.271 e. The zero-order valence-corrected chi connectivity index (χ0v) is 12.8. The minimum absolute atomic E-state index is 0.282. The van der Waals surface area contributed by atoms with Gasteiger partial charge in [-0.3, -0.25) is 5.84 Å². The lowest BCUT2D eigenvalue weighted by Crippen LogP contribution is -2.29. The lowest BCUT2D eigenvalue weighted by Gasteiger charge is -2.18. The summed E-state index contributed by atoms with van der Waals surface area (Å²) in [6, 6.07) is 12.7. The monoisotopic (exact) mass is 350 g/mol. The fraction of sp³-hybridized carbons (Fsp3) is 0.0667. The molecule has 2 aromatic carbocycles. The molecule has 0 bridgehead atoms. The largest absolute Gasteiger partial charge is 0.271 e. The topological polar surface area (TPSA) is 38.0 Å². The molecule has 3 aromatic rings. The van der Waals surface area contributed by atoms with Crippen LogP contribution in [-0.4, -0.2) is 0 Å². The van der Waals surface area contributed by atoms with Crippen molar-refractivity contribution >= 4 is 37.4 Å². The van der Waals surface area contributed by atoms with E-state index in [-0.39, 0.29) is 11.9 Å². The maximum Gasteiger partial charge on any atom is 0.129 e. The Balaban J connectivity index is 2.16. The third-order valence-corrected chi connectivity index (χ3v) is 4.73. The average Bonchev–Trinajstić information content (AvgIpc) is 2.91. The van der Waals surface area contributed by atoms with Gasteiger partial charge in [-0.05, 0) is 34.5 Å². The lowest BCUT2D eigenvalue weighted by atomic mass is 9.98. The van der Waals surface area contributed by atoms with E-state index in [1.54, 1.807) is 17.4 Å². The van der Waals surface area contributed by atoms with E-state index in [0.717, 1.165) is 15.6 Å². The van der Waals surface area contributed by atoms with Gasteiger partial charge in [0.25, 0.3) is 0 Å². The molecule has 0 aliphatic heterocycles. The summed E-state index contributed by atoms with van der Waals surface area (Å²) in [4.78, 5) is 0. The van der Waals surface area contributed by atoms with Crippen molar-refractivity contribution in [2.45, 2.75) is 6.04 Å². The van der Waals surface area contributed by atoms with Crippen molar-refractivity contribution in [2.75, 3.05) is 0 Å². The molecular formula is C15H12BrFN2S. The van der Waals surface area contributed by atoms with Gasteiger partial charge < -0.3 is 0 Å². The van der Waals surface area contributed by atoms with Crippen LogP contribution in [0.25, 0.3) is 10.1 Å². The van der Waals surface area contributed by atoms with Crippen LogP contribution >= 0.6 is 27.3 Å². The first kappa shape index (κ1) is 13.7. The van der Waals surface area contributed by atoms with E-state index in [1.807, 2.05) is 29.6 Å². The molecule has 20 heavy (non-hydrogen) atoms. The Labute approximate surface area is 128 Å². The van der Waals surface area contributed by atoms with Gasteiger partial charge in [0.05, 0.1) is 6.04 Å². The Morgan fingerprint density at radius 2 is 2.00 bits per heavy atom. The van der Waals surface area contributed by atoms with Crippen LogP contribution in [0.5, 0.6) is 0 Å². The Bertz CT molecular complexity index is 756. The number of halogens is 2. The molecule has 102 valence electrons. The summed E-state index contributed by atoms with van der Waals surface area (Å²) in [5.74, 6) is 5.40. The van der Waals surface area contributed by atoms with Crippen LogP contribution in [0.3, 0.4) is 0 Å². The van der Waals surface area contributed by atoms with Crippen molar-refractivity contribution in [3.63, 3.8) is 0 Å². The van der Waals surface area contributed by atoms with Gasteiger partial charge in [-0.15, -0.1) is 11.3 Å². The maximum atomic E-state index is 14.2. The van der Waals surface area contributed by atoms with Crippen LogP contribution in [0.4, 0.5) is 4.39 Å². The quantitative estimate of drug-likeness (QED) is 0.544. The molecule has 0 fully saturated rings. The van der Waals surface area contributed by atoms with E-state index in [9.17, 15) is 4.39 Å². The molecule has 0 aliphatic carbocycles. The highest BCUT2D eigenvalue weighted by Crippen LogP contribution is 2.33. The molecule has 3 rings (SSSR count). The summed E-state index contributed by atoms with van der Waals surface area (Å²) in [6.45, 7) is 0. The van der Waals surface area contributed by atoms with E-state index in [1.165, 1.54) is 6.07 Å². The molecule has 1 unspecified atom stereocenters. The summed E-state index contributed by atoms with van der Waals surface area (Å²) in [5, 5.41) is 3.17. The van der Waals surface area contributed by atoms with Crippen LogP contribution in [0.2, 0.25) is 0 Å². The second-order valence-corrected chi connectivity index (χ2v) is 6.28. The molecular weight excluding hydrogens is 339 g/mol. The molecule has 5 heteroatoms. The number of nitrogens with two attached hydrogens (primary N) is 1. The number of rotatable bonds is 3. The zero-order valence-electron chi connectivity index (χ0n) is 10.4. The van der Waals surface area contributed by atoms with Gasteiger partial charge in [-0.2, -0.15) is 0 Å². The van der Waals surface area contributed by atoms with E-state index in [0.29, 0.717) is 10.0 Å². The van der Waals surface area contributed by atoms with E-state index < -0.39 is 0 Å². The molecule has 3 N–H and O–H groups in total. The highest BCUT2D eigenvalue weighted by atomic mass is 79.9. The number of benzene rings is 2. The molecule has 0 spiro atoms. The third-order valence-electron chi connectivity index (χ3n) is 3.26. The fourth-order valence-electron chi connectivity index (χ4n) is 2.33. The van der Waals surface area contributed by atoms with Crippen LogP contribution in [-0.2, 0) is 0 Å². The summed E-state index contributed by atoms with van der Waals surface area (Å²) in [6.07, 6.45) is 0. The summed E-state index contributed by atoms with van der Waals surface area (Å²) in [7, 11) is 0. The third kappa shape index (κ3) is 2.38. The van der Waals surface area contributed by atoms with Crippen molar-refractivity contribution < 1.29 is 4.39 Å². The highest BCUT2D eigenvalue weighted by Gasteiger charge is 2.19. The van der Waals surface area contributed by atoms with Gasteiger partial charge >= 0.3 is 0 Å². The maximum absolute atomic E-state index is 14.2. The predicted molar refractivity (Wildman–Crippen MR) is 85.1 cm³/mol. The Morgan fingerprint density at radius 1 is 1.15 bits per heavy atom. The lowest BCUT2D eigenvalue weighted by molar-refractivity contribution is 0.561. The van der Waals surface area contributed by atoms with Gasteiger partial charge in [0, 0.05) is 14.7 Å². The minimum atomic E-state index is -0.370. The Hall–Kier alpha value is -1.27.